The Morgan fingerprint density at radius 1 is 1.60 bits per heavy atom. The molecule has 0 aliphatic heterocycles. The van der Waals surface area contributed by atoms with Crippen LogP contribution in [0.2, 0.25) is 0 Å². The Kier molecular flexibility index (Phi) is 11.0. The molecule has 0 spiro atoms. The van der Waals surface area contributed by atoms with Crippen LogP contribution in [0.5, 0.6) is 0 Å². The Morgan fingerprint density at radius 2 is 1.60 bits per heavy atom. The first kappa shape index (κ1) is 9.80. The third-order valence-electron chi connectivity index (χ3n) is 0. The normalized spacial score (nSPS) is 7.00. The van der Waals surface area contributed by atoms with E-state index in [0.717, 1.165) is 0 Å². The van der Waals surface area contributed by atoms with E-state index in [1.165, 1.54) is 0 Å². The molecule has 0 rings (SSSR count). The van der Waals surface area contributed by atoms with E-state index in [1.807, 2.05) is 0 Å². The van der Waals surface area contributed by atoms with Gasteiger partial charge in [-0.2, -0.15) is 0 Å². The average molecular weight is 171 g/mol. The summed E-state index contributed by atoms with van der Waals surface area (Å²) in [5, 5.41) is 0. The van der Waals surface area contributed by atoms with E-state index in [1.54, 1.807) is 0 Å². The second kappa shape index (κ2) is 5.63. The van der Waals surface area contributed by atoms with E-state index < -0.39 is 8.25 Å². The second-order valence-electron chi connectivity index (χ2n) is 0.283. The maximum absolute atomic E-state index is 8.74. The van der Waals surface area contributed by atoms with Crippen LogP contribution >= 0.6 is 8.25 Å². The molecule has 0 heterocycles. The first-order valence-corrected chi connectivity index (χ1v) is 1.95. The van der Waals surface area contributed by atoms with Crippen molar-refractivity contribution < 1.29 is 15.8 Å². The summed E-state index contributed by atoms with van der Waals surface area (Å²) in [7, 11) is -3.13. The SMILES string of the molecule is O=[PH](O)O.[H+].[Sr+2]. The molecule has 0 radical (unpaired) electrons. The van der Waals surface area contributed by atoms with Crippen molar-refractivity contribution in [3.05, 3.63) is 0 Å². The monoisotopic (exact) mass is 171 g/mol. The Bertz CT molecular complexity index is 33.8. The Hall–Kier alpha value is 1.63. The number of rotatable bonds is 0. The zero-order valence-electron chi connectivity index (χ0n) is 3.51. The molecule has 26 valence electrons. The smallest absolute Gasteiger partial charge is 0.326 e. The molecule has 0 bridgehead atoms. The van der Waals surface area contributed by atoms with Gasteiger partial charge in [-0.25, -0.2) is 0 Å². The van der Waals surface area contributed by atoms with Crippen molar-refractivity contribution in [1.82, 2.24) is 0 Å². The van der Waals surface area contributed by atoms with Crippen LogP contribution in [0.15, 0.2) is 0 Å². The van der Waals surface area contributed by atoms with E-state index in [2.05, 4.69) is 0 Å². The van der Waals surface area contributed by atoms with Gasteiger partial charge in [0, 0.05) is 0 Å². The van der Waals surface area contributed by atoms with Crippen molar-refractivity contribution in [1.29, 1.82) is 0 Å². The summed E-state index contributed by atoms with van der Waals surface area (Å²) in [6.07, 6.45) is 0. The predicted molar refractivity (Wildman–Crippen MR) is 20.3 cm³/mol. The van der Waals surface area contributed by atoms with Gasteiger partial charge in [-0.3, -0.25) is 4.57 Å². The molecule has 0 atom stereocenters. The Balaban J connectivity index is -0.0000000450. The molecule has 0 amide bonds. The minimum absolute atomic E-state index is 0. The van der Waals surface area contributed by atoms with Gasteiger partial charge in [0.1, 0.15) is 0 Å². The van der Waals surface area contributed by atoms with Crippen LogP contribution in [0, 0.1) is 0 Å². The molecule has 5 heavy (non-hydrogen) atoms. The van der Waals surface area contributed by atoms with E-state index in [-0.39, 0.29) is 46.9 Å². The van der Waals surface area contributed by atoms with Gasteiger partial charge in [0.25, 0.3) is 0 Å². The van der Waals surface area contributed by atoms with Gasteiger partial charge >= 0.3 is 55.2 Å². The van der Waals surface area contributed by atoms with Gasteiger partial charge in [-0.1, -0.05) is 0 Å². The van der Waals surface area contributed by atoms with Crippen molar-refractivity contribution in [2.45, 2.75) is 0 Å². The maximum Gasteiger partial charge on any atom is 2.00 e. The molecule has 3 nitrogen and oxygen atoms in total. The summed E-state index contributed by atoms with van der Waals surface area (Å²) in [4.78, 5) is 14.3. The van der Waals surface area contributed by atoms with Crippen molar-refractivity contribution in [2.75, 3.05) is 0 Å². The summed E-state index contributed by atoms with van der Waals surface area (Å²) in [6, 6.07) is 0. The second-order valence-corrected chi connectivity index (χ2v) is 0.848. The molecule has 0 saturated carbocycles. The van der Waals surface area contributed by atoms with Crippen LogP contribution in [0.25, 0.3) is 0 Å². The van der Waals surface area contributed by atoms with Gasteiger partial charge in [0.05, 0.1) is 0 Å². The molecular formula is H4O3PSr+3. The van der Waals surface area contributed by atoms with Crippen LogP contribution in [-0.2, 0) is 4.57 Å². The summed E-state index contributed by atoms with van der Waals surface area (Å²) in [5.74, 6) is 0. The minimum Gasteiger partial charge on any atom is -0.326 e. The van der Waals surface area contributed by atoms with Crippen molar-refractivity contribution in [2.24, 2.45) is 0 Å². The van der Waals surface area contributed by atoms with E-state index >= 15 is 0 Å². The predicted octanol–water partition coefficient (Wildman–Crippen LogP) is -0.908. The maximum atomic E-state index is 8.74. The standard InChI is InChI=1S/H3O3P.Sr/c1-4(2)3;/h4H,(H2,1,2,3);/q;+2/p+1. The summed E-state index contributed by atoms with van der Waals surface area (Å²) < 4.78 is 8.74. The van der Waals surface area contributed by atoms with Gasteiger partial charge in [0.15, 0.2) is 0 Å². The number of hydrogen-bond donors (Lipinski definition) is 2. The quantitative estimate of drug-likeness (QED) is 0.366. The van der Waals surface area contributed by atoms with E-state index in [4.69, 9.17) is 14.4 Å². The topological polar surface area (TPSA) is 57.5 Å². The van der Waals surface area contributed by atoms with Crippen LogP contribution in [0.4, 0.5) is 0 Å². The summed E-state index contributed by atoms with van der Waals surface area (Å²) in [5.41, 5.74) is 0. The van der Waals surface area contributed by atoms with E-state index in [9.17, 15) is 0 Å². The molecule has 0 aromatic heterocycles. The molecule has 0 unspecified atom stereocenters. The molecule has 2 N–H and O–H groups in total. The van der Waals surface area contributed by atoms with Gasteiger partial charge in [-0.05, 0) is 0 Å². The minimum atomic E-state index is -3.13. The Labute approximate surface area is 68.7 Å². The zero-order valence-corrected chi connectivity index (χ0v) is 6.99. The molecule has 0 fully saturated rings. The first-order valence-electron chi connectivity index (χ1n) is 0.651. The Morgan fingerprint density at radius 3 is 1.60 bits per heavy atom. The first-order chi connectivity index (χ1) is 1.73. The summed E-state index contributed by atoms with van der Waals surface area (Å²) >= 11 is 0. The molecule has 0 saturated heterocycles. The van der Waals surface area contributed by atoms with Crippen LogP contribution < -0.4 is 0 Å². The molecule has 0 aromatic rings. The van der Waals surface area contributed by atoms with Crippen molar-refractivity contribution >= 4 is 53.7 Å². The van der Waals surface area contributed by atoms with Crippen molar-refractivity contribution in [3.63, 3.8) is 0 Å². The van der Waals surface area contributed by atoms with Crippen LogP contribution in [0.1, 0.15) is 1.43 Å². The largest absolute Gasteiger partial charge is 2.00 e. The van der Waals surface area contributed by atoms with Gasteiger partial charge in [-0.15, -0.1) is 0 Å². The fraction of sp³-hybridized carbons (Fsp3) is 0. The van der Waals surface area contributed by atoms with Gasteiger partial charge < -0.3 is 9.79 Å². The van der Waals surface area contributed by atoms with Gasteiger partial charge in [0.2, 0.25) is 0 Å². The average Bonchev–Trinajstić information content (AvgIpc) is 0.811. The molecule has 0 aromatic carbocycles. The molecular weight excluding hydrogens is 167 g/mol. The molecule has 0 aliphatic carbocycles. The molecule has 0 aliphatic rings. The van der Waals surface area contributed by atoms with Crippen molar-refractivity contribution in [3.8, 4) is 0 Å². The van der Waals surface area contributed by atoms with Crippen LogP contribution in [0.3, 0.4) is 0 Å². The molecule has 5 heteroatoms. The third-order valence-corrected chi connectivity index (χ3v) is 0. The van der Waals surface area contributed by atoms with E-state index in [0.29, 0.717) is 0 Å². The fourth-order valence-corrected chi connectivity index (χ4v) is 0. The fourth-order valence-electron chi connectivity index (χ4n) is 0. The third kappa shape index (κ3) is 27.9. The summed E-state index contributed by atoms with van der Waals surface area (Å²) in [6.45, 7) is 0. The number of hydrogen-bond acceptors (Lipinski definition) is 1. The van der Waals surface area contributed by atoms with Crippen LogP contribution in [-0.4, -0.2) is 55.3 Å². The zero-order chi connectivity index (χ0) is 3.58.